The third kappa shape index (κ3) is 1.92. The molecule has 0 aliphatic heterocycles. The number of benzene rings is 1. The van der Waals surface area contributed by atoms with Gasteiger partial charge in [-0.25, -0.2) is 0 Å². The minimum atomic E-state index is 0.530. The quantitative estimate of drug-likeness (QED) is 0.880. The van der Waals surface area contributed by atoms with Crippen LogP contribution in [0.4, 0.5) is 5.69 Å². The van der Waals surface area contributed by atoms with E-state index in [1.165, 1.54) is 37.4 Å². The van der Waals surface area contributed by atoms with Gasteiger partial charge in [-0.05, 0) is 37.2 Å². The zero-order chi connectivity index (χ0) is 13.0. The molecule has 2 aliphatic carbocycles. The smallest absolute Gasteiger partial charge is 0.130 e. The molecule has 2 fully saturated rings. The van der Waals surface area contributed by atoms with E-state index in [-0.39, 0.29) is 0 Å². The summed E-state index contributed by atoms with van der Waals surface area (Å²) in [4.78, 5) is 0. The summed E-state index contributed by atoms with van der Waals surface area (Å²) in [5.74, 6) is 1.69. The molecule has 0 spiro atoms. The van der Waals surface area contributed by atoms with Crippen LogP contribution in [-0.2, 0) is 0 Å². The Labute approximate surface area is 125 Å². The second kappa shape index (κ2) is 4.47. The fourth-order valence-corrected chi connectivity index (χ4v) is 4.79. The van der Waals surface area contributed by atoms with Crippen molar-refractivity contribution >= 4 is 51.7 Å². The van der Waals surface area contributed by atoms with Crippen LogP contribution in [0, 0.1) is 11.8 Å². The van der Waals surface area contributed by atoms with Crippen molar-refractivity contribution in [3.63, 3.8) is 0 Å². The Bertz CT molecular complexity index is 642. The molecule has 3 unspecified atom stereocenters. The predicted octanol–water partition coefficient (Wildman–Crippen LogP) is 4.60. The van der Waals surface area contributed by atoms with Crippen LogP contribution in [0.15, 0.2) is 6.07 Å². The first-order chi connectivity index (χ1) is 9.22. The molecule has 1 aromatic heterocycles. The molecule has 1 heterocycles. The Kier molecular flexibility index (Phi) is 2.87. The van der Waals surface area contributed by atoms with E-state index in [2.05, 4.69) is 14.1 Å². The van der Waals surface area contributed by atoms with E-state index in [9.17, 15) is 0 Å². The largest absolute Gasteiger partial charge is 0.379 e. The number of hydrogen-bond donors (Lipinski definition) is 1. The third-order valence-electron chi connectivity index (χ3n) is 4.51. The van der Waals surface area contributed by atoms with Crippen LogP contribution >= 0.6 is 34.9 Å². The fourth-order valence-electron chi connectivity index (χ4n) is 3.62. The number of hydrogen-bond acceptors (Lipinski definition) is 4. The second-order valence-corrected chi connectivity index (χ2v) is 6.95. The molecule has 3 nitrogen and oxygen atoms in total. The number of nitrogens with one attached hydrogen (secondary N) is 1. The van der Waals surface area contributed by atoms with Gasteiger partial charge < -0.3 is 5.32 Å². The molecule has 3 atom stereocenters. The van der Waals surface area contributed by atoms with E-state index in [0.29, 0.717) is 16.1 Å². The van der Waals surface area contributed by atoms with Gasteiger partial charge in [0.1, 0.15) is 11.0 Å². The van der Waals surface area contributed by atoms with Crippen molar-refractivity contribution < 1.29 is 0 Å². The topological polar surface area (TPSA) is 37.8 Å². The average Bonchev–Trinajstić information content (AvgIpc) is 3.09. The molecule has 19 heavy (non-hydrogen) atoms. The van der Waals surface area contributed by atoms with Crippen LogP contribution in [0.25, 0.3) is 11.0 Å². The normalized spacial score (nSPS) is 29.3. The highest BCUT2D eigenvalue weighted by molar-refractivity contribution is 7.00. The molecule has 0 saturated heterocycles. The molecule has 1 N–H and O–H groups in total. The fraction of sp³-hybridized carbons (Fsp3) is 0.538. The zero-order valence-corrected chi connectivity index (χ0v) is 12.5. The number of anilines is 1. The summed E-state index contributed by atoms with van der Waals surface area (Å²) in [5.41, 5.74) is 2.47. The van der Waals surface area contributed by atoms with Gasteiger partial charge >= 0.3 is 0 Å². The maximum atomic E-state index is 6.34. The molecule has 2 bridgehead atoms. The lowest BCUT2D eigenvalue weighted by Crippen LogP contribution is -2.26. The molecular weight excluding hydrogens is 301 g/mol. The van der Waals surface area contributed by atoms with Crippen molar-refractivity contribution in [2.75, 3.05) is 5.32 Å². The second-order valence-electron chi connectivity index (χ2n) is 5.60. The standard InChI is InChI=1S/C13H13Cl2N3S/c14-8-5-9(15)12-13(18-19-17-12)11(8)16-10-4-6-1-2-7(10)3-6/h5-7,10,16H,1-4H2. The summed E-state index contributed by atoms with van der Waals surface area (Å²) in [6.07, 6.45) is 5.35. The Hall–Kier alpha value is -0.580. The lowest BCUT2D eigenvalue weighted by atomic mass is 9.95. The molecular formula is C13H13Cl2N3S. The predicted molar refractivity (Wildman–Crippen MR) is 80.3 cm³/mol. The average molecular weight is 314 g/mol. The Morgan fingerprint density at radius 3 is 2.68 bits per heavy atom. The monoisotopic (exact) mass is 313 g/mol. The van der Waals surface area contributed by atoms with Crippen molar-refractivity contribution in [3.05, 3.63) is 16.1 Å². The van der Waals surface area contributed by atoms with Crippen molar-refractivity contribution in [3.8, 4) is 0 Å². The van der Waals surface area contributed by atoms with Gasteiger partial charge in [-0.3, -0.25) is 0 Å². The summed E-state index contributed by atoms with van der Waals surface area (Å²) in [6, 6.07) is 2.30. The summed E-state index contributed by atoms with van der Waals surface area (Å²) >= 11 is 13.7. The first-order valence-electron chi connectivity index (χ1n) is 6.59. The van der Waals surface area contributed by atoms with E-state index in [4.69, 9.17) is 23.2 Å². The van der Waals surface area contributed by atoms with E-state index in [1.807, 2.05) is 0 Å². The highest BCUT2D eigenvalue weighted by atomic mass is 35.5. The van der Waals surface area contributed by atoms with Crippen molar-refractivity contribution in [2.45, 2.75) is 31.7 Å². The molecule has 6 heteroatoms. The Morgan fingerprint density at radius 2 is 1.95 bits per heavy atom. The number of aromatic nitrogens is 2. The summed E-state index contributed by atoms with van der Waals surface area (Å²) in [7, 11) is 0. The third-order valence-corrected chi connectivity index (χ3v) is 5.63. The molecule has 4 rings (SSSR count). The first kappa shape index (κ1) is 12.2. The summed E-state index contributed by atoms with van der Waals surface area (Å²) in [5, 5.41) is 4.83. The molecule has 2 aromatic rings. The molecule has 0 radical (unpaired) electrons. The number of halogens is 2. The van der Waals surface area contributed by atoms with Crippen LogP contribution in [0.1, 0.15) is 25.7 Å². The van der Waals surface area contributed by atoms with Crippen LogP contribution in [0.2, 0.25) is 10.0 Å². The van der Waals surface area contributed by atoms with Gasteiger partial charge in [0.2, 0.25) is 0 Å². The van der Waals surface area contributed by atoms with Crippen molar-refractivity contribution in [1.29, 1.82) is 0 Å². The number of fused-ring (bicyclic) bond motifs is 3. The van der Waals surface area contributed by atoms with Gasteiger partial charge in [0, 0.05) is 6.04 Å². The molecule has 1 aromatic carbocycles. The van der Waals surface area contributed by atoms with Gasteiger partial charge in [-0.2, -0.15) is 8.75 Å². The number of rotatable bonds is 2. The van der Waals surface area contributed by atoms with Crippen LogP contribution in [-0.4, -0.2) is 14.8 Å². The van der Waals surface area contributed by atoms with Gasteiger partial charge in [-0.1, -0.05) is 29.6 Å². The Balaban J connectivity index is 1.73. The van der Waals surface area contributed by atoms with Gasteiger partial charge in [0.15, 0.2) is 0 Å². The van der Waals surface area contributed by atoms with Gasteiger partial charge in [0.25, 0.3) is 0 Å². The minimum absolute atomic E-state index is 0.530. The van der Waals surface area contributed by atoms with E-state index in [1.54, 1.807) is 6.07 Å². The highest BCUT2D eigenvalue weighted by Crippen LogP contribution is 2.47. The number of nitrogens with zero attached hydrogens (tertiary/aromatic N) is 2. The summed E-state index contributed by atoms with van der Waals surface area (Å²) in [6.45, 7) is 0. The van der Waals surface area contributed by atoms with Crippen LogP contribution < -0.4 is 5.32 Å². The lowest BCUT2D eigenvalue weighted by molar-refractivity contribution is 0.440. The Morgan fingerprint density at radius 1 is 1.11 bits per heavy atom. The maximum Gasteiger partial charge on any atom is 0.130 e. The van der Waals surface area contributed by atoms with Gasteiger partial charge in [-0.15, -0.1) is 0 Å². The molecule has 2 aliphatic rings. The van der Waals surface area contributed by atoms with Crippen LogP contribution in [0.5, 0.6) is 0 Å². The van der Waals surface area contributed by atoms with Crippen molar-refractivity contribution in [2.24, 2.45) is 11.8 Å². The minimum Gasteiger partial charge on any atom is -0.379 e. The van der Waals surface area contributed by atoms with Gasteiger partial charge in [0.05, 0.1) is 27.5 Å². The molecule has 0 amide bonds. The van der Waals surface area contributed by atoms with Crippen molar-refractivity contribution in [1.82, 2.24) is 8.75 Å². The summed E-state index contributed by atoms with van der Waals surface area (Å²) < 4.78 is 8.59. The highest BCUT2D eigenvalue weighted by Gasteiger charge is 2.39. The maximum absolute atomic E-state index is 6.34. The first-order valence-corrected chi connectivity index (χ1v) is 8.08. The zero-order valence-electron chi connectivity index (χ0n) is 10.2. The molecule has 100 valence electrons. The lowest BCUT2D eigenvalue weighted by Gasteiger charge is -2.24. The van der Waals surface area contributed by atoms with E-state index in [0.717, 1.165) is 28.6 Å². The van der Waals surface area contributed by atoms with E-state index < -0.39 is 0 Å². The van der Waals surface area contributed by atoms with E-state index >= 15 is 0 Å². The van der Waals surface area contributed by atoms with Crippen LogP contribution in [0.3, 0.4) is 0 Å². The SMILES string of the molecule is Clc1cc(Cl)c2nsnc2c1NC1CC2CCC1C2. The molecule has 2 saturated carbocycles.